The van der Waals surface area contributed by atoms with E-state index in [4.69, 9.17) is 9.47 Å². The number of carbonyl (C=O) groups is 2. The van der Waals surface area contributed by atoms with E-state index in [9.17, 15) is 9.18 Å². The van der Waals surface area contributed by atoms with E-state index in [1.165, 1.54) is 19.1 Å². The Labute approximate surface area is 260 Å². The minimum Gasteiger partial charge on any atom is -0.497 e. The minimum atomic E-state index is -1.48. The fourth-order valence-electron chi connectivity index (χ4n) is 6.26. The van der Waals surface area contributed by atoms with Crippen molar-refractivity contribution in [3.8, 4) is 11.5 Å². The van der Waals surface area contributed by atoms with Crippen molar-refractivity contribution in [1.29, 1.82) is 0 Å². The number of para-hydroxylation sites is 1. The summed E-state index contributed by atoms with van der Waals surface area (Å²) in [4.78, 5) is 38.7. The van der Waals surface area contributed by atoms with Gasteiger partial charge in [0.05, 0.1) is 26.5 Å². The number of rotatable bonds is 10. The summed E-state index contributed by atoms with van der Waals surface area (Å²) in [5.74, 6) is 0.00689. The molecule has 2 amide bonds. The summed E-state index contributed by atoms with van der Waals surface area (Å²) in [7, 11) is 3.13. The predicted molar refractivity (Wildman–Crippen MR) is 173 cm³/mol. The lowest BCUT2D eigenvalue weighted by Gasteiger charge is -2.46. The van der Waals surface area contributed by atoms with Crippen LogP contribution in [-0.2, 0) is 22.6 Å². The zero-order chi connectivity index (χ0) is 31.6. The van der Waals surface area contributed by atoms with Crippen LogP contribution in [0.25, 0.3) is 21.8 Å². The number of hydrogen-bond acceptors (Lipinski definition) is 5. The third-order valence-electron chi connectivity index (χ3n) is 8.37. The third kappa shape index (κ3) is 5.88. The Kier molecular flexibility index (Phi) is 8.32. The Hall–Kier alpha value is -5.09. The van der Waals surface area contributed by atoms with Gasteiger partial charge in [-0.05, 0) is 53.9 Å². The van der Waals surface area contributed by atoms with Crippen molar-refractivity contribution in [3.05, 3.63) is 102 Å². The van der Waals surface area contributed by atoms with Gasteiger partial charge >= 0.3 is 0 Å². The average Bonchev–Trinajstić information content (AvgIpc) is 3.66. The lowest BCUT2D eigenvalue weighted by Crippen LogP contribution is -2.70. The molecule has 0 saturated heterocycles. The molecule has 3 aromatic carbocycles. The van der Waals surface area contributed by atoms with Crippen molar-refractivity contribution in [2.45, 2.75) is 32.0 Å². The van der Waals surface area contributed by atoms with Crippen LogP contribution in [0.15, 0.2) is 85.2 Å². The maximum atomic E-state index is 15.5. The van der Waals surface area contributed by atoms with Crippen molar-refractivity contribution in [2.24, 2.45) is 0 Å². The quantitative estimate of drug-likeness (QED) is 0.177. The Morgan fingerprint density at radius 1 is 0.956 bits per heavy atom. The van der Waals surface area contributed by atoms with Crippen LogP contribution in [0.3, 0.4) is 0 Å². The number of aromatic amines is 2. The summed E-state index contributed by atoms with van der Waals surface area (Å²) in [6.45, 7) is 2.52. The van der Waals surface area contributed by atoms with E-state index in [0.717, 1.165) is 22.0 Å². The van der Waals surface area contributed by atoms with Crippen molar-refractivity contribution >= 4 is 39.3 Å². The number of benzene rings is 3. The number of fused-ring (bicyclic) bond motifs is 2. The number of methoxy groups -OCH3 is 2. The molecule has 1 atom stereocenters. The zero-order valence-electron chi connectivity index (χ0n) is 25.5. The molecule has 3 N–H and O–H groups in total. The number of amides is 2. The van der Waals surface area contributed by atoms with Gasteiger partial charge in [-0.15, -0.1) is 0 Å². The van der Waals surface area contributed by atoms with Crippen LogP contribution >= 0.6 is 0 Å². The number of carbonyl (C=O) groups excluding carboxylic acids is 2. The first-order valence-electron chi connectivity index (χ1n) is 14.9. The van der Waals surface area contributed by atoms with E-state index < -0.39 is 11.5 Å². The van der Waals surface area contributed by atoms with Gasteiger partial charge in [0, 0.05) is 66.7 Å². The molecule has 1 unspecified atom stereocenters. The molecule has 232 valence electrons. The molecule has 3 heterocycles. The topological polar surface area (TPSA) is 103 Å². The highest BCUT2D eigenvalue weighted by molar-refractivity contribution is 6.08. The molecule has 9 nitrogen and oxygen atoms in total. The summed E-state index contributed by atoms with van der Waals surface area (Å²) in [5, 5.41) is 4.62. The SMILES string of the molecule is COc1cc(CN(C(=O)C(Cc2c[nH]c3ccccc23)(NC(C)=O)N2CC=CCC2)c2c[nH]c3ccc(F)cc23)cc(OC)c1. The molecular weight excluding hydrogens is 573 g/mol. The summed E-state index contributed by atoms with van der Waals surface area (Å²) in [5.41, 5.74) is 2.22. The van der Waals surface area contributed by atoms with Crippen LogP contribution in [0.2, 0.25) is 0 Å². The Morgan fingerprint density at radius 2 is 1.69 bits per heavy atom. The monoisotopic (exact) mass is 609 g/mol. The molecule has 45 heavy (non-hydrogen) atoms. The fourth-order valence-corrected chi connectivity index (χ4v) is 6.26. The Bertz CT molecular complexity index is 1870. The van der Waals surface area contributed by atoms with Gasteiger partial charge in [0.25, 0.3) is 5.91 Å². The average molecular weight is 610 g/mol. The van der Waals surface area contributed by atoms with Crippen molar-refractivity contribution in [1.82, 2.24) is 20.2 Å². The van der Waals surface area contributed by atoms with E-state index in [1.807, 2.05) is 53.6 Å². The molecule has 6 rings (SSSR count). The van der Waals surface area contributed by atoms with Gasteiger partial charge in [0.15, 0.2) is 5.66 Å². The number of nitrogens with zero attached hydrogens (tertiary/aromatic N) is 2. The van der Waals surface area contributed by atoms with Gasteiger partial charge < -0.3 is 29.7 Å². The summed E-state index contributed by atoms with van der Waals surface area (Å²) in [6, 6.07) is 17.7. The molecule has 0 radical (unpaired) electrons. The van der Waals surface area contributed by atoms with E-state index in [1.54, 1.807) is 37.4 Å². The fraction of sp³-hybridized carbons (Fsp3) is 0.257. The molecule has 2 aromatic heterocycles. The lowest BCUT2D eigenvalue weighted by atomic mass is 9.93. The smallest absolute Gasteiger partial charge is 0.268 e. The van der Waals surface area contributed by atoms with Gasteiger partial charge in [-0.3, -0.25) is 14.5 Å². The second-order valence-corrected chi connectivity index (χ2v) is 11.3. The highest BCUT2D eigenvalue weighted by atomic mass is 19.1. The molecule has 5 aromatic rings. The van der Waals surface area contributed by atoms with Gasteiger partial charge in [-0.1, -0.05) is 30.4 Å². The number of anilines is 1. The van der Waals surface area contributed by atoms with Crippen molar-refractivity contribution in [2.75, 3.05) is 32.2 Å². The van der Waals surface area contributed by atoms with Crippen LogP contribution in [0.5, 0.6) is 11.5 Å². The van der Waals surface area contributed by atoms with Crippen LogP contribution < -0.4 is 19.7 Å². The third-order valence-corrected chi connectivity index (χ3v) is 8.37. The largest absolute Gasteiger partial charge is 0.497 e. The molecule has 0 spiro atoms. The van der Waals surface area contributed by atoms with E-state index in [0.29, 0.717) is 47.6 Å². The first kappa shape index (κ1) is 30.0. The molecule has 0 bridgehead atoms. The standard InChI is InChI=1S/C35H36FN5O4/c1-23(42)39-35(40-13-7-4-8-14-40,19-25-20-37-31-10-6-5-9-29(25)31)34(43)41(22-24-15-27(44-2)18-28(16-24)45-3)33-21-38-32-12-11-26(36)17-30(32)33/h4-7,9-12,15-18,20-21,37-38H,8,13-14,19,22H2,1-3H3,(H,39,42). The number of aromatic nitrogens is 2. The highest BCUT2D eigenvalue weighted by Crippen LogP contribution is 2.35. The molecule has 0 aliphatic carbocycles. The number of halogens is 1. The van der Waals surface area contributed by atoms with Crippen molar-refractivity contribution in [3.63, 3.8) is 0 Å². The van der Waals surface area contributed by atoms with E-state index in [2.05, 4.69) is 21.4 Å². The van der Waals surface area contributed by atoms with Crippen molar-refractivity contribution < 1.29 is 23.5 Å². The summed E-state index contributed by atoms with van der Waals surface area (Å²) < 4.78 is 25.7. The molecule has 1 aliphatic rings. The van der Waals surface area contributed by atoms with Gasteiger partial charge in [0.1, 0.15) is 17.3 Å². The molecule has 0 saturated carbocycles. The molecule has 1 aliphatic heterocycles. The van der Waals surface area contributed by atoms with Gasteiger partial charge in [-0.2, -0.15) is 0 Å². The second-order valence-electron chi connectivity index (χ2n) is 11.3. The van der Waals surface area contributed by atoms with Crippen LogP contribution in [0, 0.1) is 5.82 Å². The normalized spacial score (nSPS) is 14.8. The molecule has 10 heteroatoms. The maximum absolute atomic E-state index is 15.5. The van der Waals surface area contributed by atoms with Gasteiger partial charge in [-0.25, -0.2) is 4.39 Å². The highest BCUT2D eigenvalue weighted by Gasteiger charge is 2.48. The number of nitrogens with one attached hydrogen (secondary N) is 3. The molecule has 0 fully saturated rings. The zero-order valence-corrected chi connectivity index (χ0v) is 25.5. The predicted octanol–water partition coefficient (Wildman–Crippen LogP) is 5.68. The number of ether oxygens (including phenoxy) is 2. The van der Waals surface area contributed by atoms with E-state index >= 15 is 4.79 Å². The van der Waals surface area contributed by atoms with Crippen LogP contribution in [0.1, 0.15) is 24.5 Å². The first-order chi connectivity index (χ1) is 21.8. The lowest BCUT2D eigenvalue weighted by molar-refractivity contribution is -0.139. The minimum absolute atomic E-state index is 0.0920. The summed E-state index contributed by atoms with van der Waals surface area (Å²) >= 11 is 0. The van der Waals surface area contributed by atoms with Gasteiger partial charge in [0.2, 0.25) is 5.91 Å². The Morgan fingerprint density at radius 3 is 2.40 bits per heavy atom. The summed E-state index contributed by atoms with van der Waals surface area (Å²) in [6.07, 6.45) is 8.60. The first-order valence-corrected chi connectivity index (χ1v) is 14.9. The van der Waals surface area contributed by atoms with E-state index in [-0.39, 0.29) is 24.8 Å². The van der Waals surface area contributed by atoms with Crippen LogP contribution in [-0.4, -0.2) is 59.7 Å². The second kappa shape index (κ2) is 12.5. The van der Waals surface area contributed by atoms with Crippen LogP contribution in [0.4, 0.5) is 10.1 Å². The number of hydrogen-bond donors (Lipinski definition) is 3. The molecular formula is C35H36FN5O4. The maximum Gasteiger partial charge on any atom is 0.268 e. The Balaban J connectivity index is 1.55. The number of H-pyrrole nitrogens is 2.